The van der Waals surface area contributed by atoms with Crippen LogP contribution in [0.3, 0.4) is 0 Å². The maximum absolute atomic E-state index is 6.39. The van der Waals surface area contributed by atoms with E-state index in [0.29, 0.717) is 16.6 Å². The number of nitrogens with zero attached hydrogens (tertiary/aromatic N) is 2. The summed E-state index contributed by atoms with van der Waals surface area (Å²) in [5.74, 6) is 2.93. The van der Waals surface area contributed by atoms with Crippen molar-refractivity contribution in [3.8, 4) is 22.8 Å². The molecule has 0 aliphatic carbocycles. The third-order valence-electron chi connectivity index (χ3n) is 5.72. The molecule has 1 aliphatic rings. The first-order chi connectivity index (χ1) is 16.2. The van der Waals surface area contributed by atoms with Gasteiger partial charge in [-0.15, -0.1) is 0 Å². The Morgan fingerprint density at radius 1 is 0.939 bits per heavy atom. The molecule has 2 aromatic heterocycles. The highest BCUT2D eigenvalue weighted by Crippen LogP contribution is 2.46. The van der Waals surface area contributed by atoms with Crippen LogP contribution in [-0.2, 0) is 0 Å². The van der Waals surface area contributed by atoms with E-state index >= 15 is 0 Å². The number of pyridine rings is 1. The lowest BCUT2D eigenvalue weighted by Gasteiger charge is -2.27. The average molecular weight is 458 g/mol. The van der Waals surface area contributed by atoms with Gasteiger partial charge in [0.25, 0.3) is 0 Å². The Balaban J connectivity index is 1.63. The Hall–Kier alpha value is -3.84. The second-order valence-corrected chi connectivity index (χ2v) is 7.99. The van der Waals surface area contributed by atoms with E-state index in [-0.39, 0.29) is 12.1 Å². The quantitative estimate of drug-likeness (QED) is 0.382. The van der Waals surface area contributed by atoms with Crippen molar-refractivity contribution in [2.75, 3.05) is 19.1 Å². The second kappa shape index (κ2) is 8.96. The molecule has 33 heavy (non-hydrogen) atoms. The van der Waals surface area contributed by atoms with Crippen molar-refractivity contribution in [2.24, 2.45) is 0 Å². The number of nitrogens with one attached hydrogen (secondary N) is 1. The summed E-state index contributed by atoms with van der Waals surface area (Å²) in [7, 11) is 3.26. The van der Waals surface area contributed by atoms with Crippen molar-refractivity contribution in [1.29, 1.82) is 0 Å². The molecule has 0 radical (unpaired) electrons. The van der Waals surface area contributed by atoms with Crippen LogP contribution < -0.4 is 19.7 Å². The number of ether oxygens (including phenoxy) is 2. The highest BCUT2D eigenvalue weighted by molar-refractivity contribution is 7.80. The molecule has 0 amide bonds. The van der Waals surface area contributed by atoms with Crippen LogP contribution in [0, 0.1) is 0 Å². The molecule has 1 N–H and O–H groups in total. The minimum Gasteiger partial charge on any atom is -0.497 e. The van der Waals surface area contributed by atoms with Crippen LogP contribution in [0.5, 0.6) is 11.5 Å². The maximum Gasteiger partial charge on any atom is 0.174 e. The highest BCUT2D eigenvalue weighted by Gasteiger charge is 2.43. The largest absolute Gasteiger partial charge is 0.497 e. The number of rotatable bonds is 6. The summed E-state index contributed by atoms with van der Waals surface area (Å²) in [5, 5.41) is 4.01. The molecule has 1 fully saturated rings. The Bertz CT molecular complexity index is 1260. The smallest absolute Gasteiger partial charge is 0.174 e. The van der Waals surface area contributed by atoms with Gasteiger partial charge in [0.2, 0.25) is 0 Å². The predicted molar refractivity (Wildman–Crippen MR) is 132 cm³/mol. The lowest BCUT2D eigenvalue weighted by atomic mass is 10.0. The Morgan fingerprint density at radius 2 is 1.76 bits per heavy atom. The van der Waals surface area contributed by atoms with E-state index in [1.165, 1.54) is 0 Å². The summed E-state index contributed by atoms with van der Waals surface area (Å²) in [6.45, 7) is 0. The molecule has 0 bridgehead atoms. The van der Waals surface area contributed by atoms with Gasteiger partial charge >= 0.3 is 0 Å². The summed E-state index contributed by atoms with van der Waals surface area (Å²) < 4.78 is 17.5. The normalized spacial score (nSPS) is 17.6. The summed E-state index contributed by atoms with van der Waals surface area (Å²) >= 11 is 5.80. The lowest BCUT2D eigenvalue weighted by molar-refractivity contribution is 0.392. The molecule has 1 saturated heterocycles. The zero-order valence-electron chi connectivity index (χ0n) is 18.3. The lowest BCUT2D eigenvalue weighted by Crippen LogP contribution is -2.29. The Kier molecular flexibility index (Phi) is 5.71. The molecule has 6 nitrogen and oxygen atoms in total. The predicted octanol–water partition coefficient (Wildman–Crippen LogP) is 5.54. The highest BCUT2D eigenvalue weighted by atomic mass is 32.1. The monoisotopic (exact) mass is 457 g/mol. The van der Waals surface area contributed by atoms with Crippen molar-refractivity contribution in [2.45, 2.75) is 12.1 Å². The topological polar surface area (TPSA) is 59.8 Å². The molecule has 7 heteroatoms. The number of benzene rings is 2. The SMILES string of the molecule is COc1ccc(N2C(=S)N[C@H](c3ccccn3)[C@@H]2c2ccc(-c3ccccc3)o2)c(OC)c1. The van der Waals surface area contributed by atoms with Gasteiger partial charge in [0, 0.05) is 17.8 Å². The molecule has 0 spiro atoms. The van der Waals surface area contributed by atoms with E-state index in [0.717, 1.165) is 28.5 Å². The number of methoxy groups -OCH3 is 2. The van der Waals surface area contributed by atoms with E-state index in [9.17, 15) is 0 Å². The fourth-order valence-electron chi connectivity index (χ4n) is 4.16. The number of aromatic nitrogens is 1. The molecule has 3 heterocycles. The van der Waals surface area contributed by atoms with Crippen molar-refractivity contribution < 1.29 is 13.9 Å². The molecule has 0 saturated carbocycles. The summed E-state index contributed by atoms with van der Waals surface area (Å²) in [4.78, 5) is 6.62. The number of anilines is 1. The van der Waals surface area contributed by atoms with Crippen LogP contribution in [0.15, 0.2) is 89.5 Å². The molecular formula is C26H23N3O3S. The van der Waals surface area contributed by atoms with E-state index in [4.69, 9.17) is 26.1 Å². The number of hydrogen-bond acceptors (Lipinski definition) is 5. The third kappa shape index (κ3) is 3.91. The fourth-order valence-corrected chi connectivity index (χ4v) is 4.50. The maximum atomic E-state index is 6.39. The summed E-state index contributed by atoms with van der Waals surface area (Å²) in [6.07, 6.45) is 1.78. The van der Waals surface area contributed by atoms with Crippen LogP contribution in [0.2, 0.25) is 0 Å². The van der Waals surface area contributed by atoms with Crippen LogP contribution in [0.25, 0.3) is 11.3 Å². The summed E-state index contributed by atoms with van der Waals surface area (Å²) in [5.41, 5.74) is 2.70. The van der Waals surface area contributed by atoms with Gasteiger partial charge in [-0.05, 0) is 48.6 Å². The molecule has 1 aliphatic heterocycles. The zero-order chi connectivity index (χ0) is 22.8. The fraction of sp³-hybridized carbons (Fsp3) is 0.154. The van der Waals surface area contributed by atoms with Crippen LogP contribution in [-0.4, -0.2) is 24.3 Å². The van der Waals surface area contributed by atoms with Gasteiger partial charge in [0.1, 0.15) is 29.1 Å². The molecule has 5 rings (SSSR count). The van der Waals surface area contributed by atoms with E-state index in [1.54, 1.807) is 20.4 Å². The van der Waals surface area contributed by atoms with Crippen molar-refractivity contribution >= 4 is 23.0 Å². The third-order valence-corrected chi connectivity index (χ3v) is 6.04. The first-order valence-corrected chi connectivity index (χ1v) is 11.0. The first-order valence-electron chi connectivity index (χ1n) is 10.6. The zero-order valence-corrected chi connectivity index (χ0v) is 19.1. The van der Waals surface area contributed by atoms with Gasteiger partial charge < -0.3 is 24.1 Å². The molecular weight excluding hydrogens is 434 g/mol. The number of furan rings is 1. The molecule has 2 aromatic carbocycles. The Labute approximate surface area is 197 Å². The van der Waals surface area contributed by atoms with E-state index in [1.807, 2.05) is 83.8 Å². The van der Waals surface area contributed by atoms with E-state index < -0.39 is 0 Å². The van der Waals surface area contributed by atoms with Crippen molar-refractivity contribution in [3.05, 3.63) is 96.5 Å². The standard InChI is InChI=1S/C26H23N3O3S/c1-30-18-11-12-20(23(16-18)31-2)29-25(24(28-26(29)33)19-10-6-7-15-27-19)22-14-13-21(32-22)17-8-4-3-5-9-17/h3-16,24-25H,1-2H3,(H,28,33)/t24-,25+/m1/s1. The van der Waals surface area contributed by atoms with Gasteiger partial charge in [0.15, 0.2) is 5.11 Å². The van der Waals surface area contributed by atoms with Crippen LogP contribution >= 0.6 is 12.2 Å². The average Bonchev–Trinajstić information content (AvgIpc) is 3.49. The second-order valence-electron chi connectivity index (χ2n) is 7.60. The molecule has 4 aromatic rings. The van der Waals surface area contributed by atoms with Crippen LogP contribution in [0.1, 0.15) is 23.5 Å². The molecule has 166 valence electrons. The van der Waals surface area contributed by atoms with Gasteiger partial charge in [-0.3, -0.25) is 4.98 Å². The van der Waals surface area contributed by atoms with Gasteiger partial charge in [0.05, 0.1) is 31.6 Å². The number of hydrogen-bond donors (Lipinski definition) is 1. The minimum absolute atomic E-state index is 0.208. The number of thiocarbonyl (C=S) groups is 1. The first kappa shape index (κ1) is 21.0. The Morgan fingerprint density at radius 3 is 2.48 bits per heavy atom. The van der Waals surface area contributed by atoms with Crippen molar-refractivity contribution in [3.63, 3.8) is 0 Å². The molecule has 2 atom stereocenters. The van der Waals surface area contributed by atoms with Crippen LogP contribution in [0.4, 0.5) is 5.69 Å². The minimum atomic E-state index is -0.271. The molecule has 0 unspecified atom stereocenters. The van der Waals surface area contributed by atoms with Gasteiger partial charge in [-0.1, -0.05) is 36.4 Å². The van der Waals surface area contributed by atoms with Gasteiger partial charge in [-0.25, -0.2) is 0 Å². The van der Waals surface area contributed by atoms with Gasteiger partial charge in [-0.2, -0.15) is 0 Å². The summed E-state index contributed by atoms with van der Waals surface area (Å²) in [6, 6.07) is 25.1. The van der Waals surface area contributed by atoms with E-state index in [2.05, 4.69) is 10.3 Å². The van der Waals surface area contributed by atoms with Crippen molar-refractivity contribution in [1.82, 2.24) is 10.3 Å².